The zero-order valence-electron chi connectivity index (χ0n) is 14.8. The molecule has 2 heterocycles. The van der Waals surface area contributed by atoms with Crippen LogP contribution in [0.3, 0.4) is 0 Å². The Bertz CT molecular complexity index is 608. The number of nitrogens with one attached hydrogen (secondary N) is 1. The van der Waals surface area contributed by atoms with Gasteiger partial charge in [-0.1, -0.05) is 6.42 Å². The number of likely N-dealkylation sites (tertiary alicyclic amines) is 1. The van der Waals surface area contributed by atoms with Crippen molar-refractivity contribution in [3.63, 3.8) is 0 Å². The highest BCUT2D eigenvalue weighted by Crippen LogP contribution is 2.29. The Hall–Kier alpha value is -1.89. The Labute approximate surface area is 158 Å². The number of aliphatic carboxylic acids is 1. The minimum atomic E-state index is -5.21. The van der Waals surface area contributed by atoms with Gasteiger partial charge in [-0.2, -0.15) is 13.2 Å². The molecule has 12 heteroatoms. The third-order valence-corrected chi connectivity index (χ3v) is 4.80. The number of ether oxygens (including phenoxy) is 1. The molecule has 2 rings (SSSR count). The van der Waals surface area contributed by atoms with Crippen molar-refractivity contribution in [2.24, 2.45) is 0 Å². The van der Waals surface area contributed by atoms with Gasteiger partial charge in [0.05, 0.1) is 18.7 Å². The number of hydrogen-bond acceptors (Lipinski definition) is 7. The van der Waals surface area contributed by atoms with Crippen LogP contribution in [0.25, 0.3) is 0 Å². The predicted octanol–water partition coefficient (Wildman–Crippen LogP) is -1.03. The average molecular weight is 412 g/mol. The number of carboxylic acid groups (broad SMARTS) is 1. The molecule has 1 saturated heterocycles. The van der Waals surface area contributed by atoms with E-state index >= 15 is 0 Å². The number of carbonyl (C=O) groups is 2. The average Bonchev–Trinajstić information content (AvgIpc) is 2.66. The monoisotopic (exact) mass is 412 g/mol. The zero-order valence-corrected chi connectivity index (χ0v) is 14.8. The number of halogens is 3. The number of aliphatic hydroxyl groups is 3. The lowest BCUT2D eigenvalue weighted by Crippen LogP contribution is -2.65. The molecule has 0 aromatic heterocycles. The lowest BCUT2D eigenvalue weighted by Gasteiger charge is -2.45. The summed E-state index contributed by atoms with van der Waals surface area (Å²) in [5, 5.41) is 40.0. The standard InChI is InChI=1S/C16H23F3N2O7/c17-16(18,19)15(27)20-11-8(21-4-2-1-3-5-21)6-10(14(25)26)28-13(11)12(24)9(23)7-22/h6,8-9,11-13,22-24H,1-5,7H2,(H,20,27)(H,25,26)/t8-,9-,11-,12+,13+/m1/s1. The number of rotatable bonds is 6. The van der Waals surface area contributed by atoms with Crippen molar-refractivity contribution in [1.29, 1.82) is 0 Å². The number of aliphatic hydroxyl groups excluding tert-OH is 3. The van der Waals surface area contributed by atoms with E-state index in [1.54, 1.807) is 10.2 Å². The second-order valence-corrected chi connectivity index (χ2v) is 6.74. The van der Waals surface area contributed by atoms with Gasteiger partial charge in [-0.25, -0.2) is 4.79 Å². The molecular weight excluding hydrogens is 389 g/mol. The Morgan fingerprint density at radius 2 is 1.86 bits per heavy atom. The Morgan fingerprint density at radius 3 is 2.36 bits per heavy atom. The van der Waals surface area contributed by atoms with Gasteiger partial charge >= 0.3 is 18.1 Å². The van der Waals surface area contributed by atoms with Crippen LogP contribution in [0.1, 0.15) is 19.3 Å². The highest BCUT2D eigenvalue weighted by molar-refractivity contribution is 5.85. The van der Waals surface area contributed by atoms with Gasteiger partial charge in [0.1, 0.15) is 18.3 Å². The topological polar surface area (TPSA) is 140 Å². The molecule has 5 N–H and O–H groups in total. The van der Waals surface area contributed by atoms with Crippen molar-refractivity contribution >= 4 is 11.9 Å². The molecule has 160 valence electrons. The van der Waals surface area contributed by atoms with E-state index in [1.165, 1.54) is 0 Å². The summed E-state index contributed by atoms with van der Waals surface area (Å²) in [5.41, 5.74) is 0. The van der Waals surface area contributed by atoms with Crippen LogP contribution in [0, 0.1) is 0 Å². The molecular formula is C16H23F3N2O7. The molecule has 0 spiro atoms. The first kappa shape index (κ1) is 22.4. The molecule has 9 nitrogen and oxygen atoms in total. The number of piperidine rings is 1. The molecule has 0 aliphatic carbocycles. The van der Waals surface area contributed by atoms with Crippen LogP contribution >= 0.6 is 0 Å². The molecule has 0 saturated carbocycles. The predicted molar refractivity (Wildman–Crippen MR) is 86.9 cm³/mol. The highest BCUT2D eigenvalue weighted by Gasteiger charge is 2.49. The summed E-state index contributed by atoms with van der Waals surface area (Å²) < 4.78 is 43.5. The molecule has 0 bridgehead atoms. The molecule has 1 fully saturated rings. The van der Waals surface area contributed by atoms with E-state index in [2.05, 4.69) is 0 Å². The smallest absolute Gasteiger partial charge is 0.471 e. The van der Waals surface area contributed by atoms with Gasteiger partial charge in [0.15, 0.2) is 0 Å². The maximum atomic E-state index is 12.8. The van der Waals surface area contributed by atoms with Crippen molar-refractivity contribution in [3.8, 4) is 0 Å². The highest BCUT2D eigenvalue weighted by atomic mass is 19.4. The minimum Gasteiger partial charge on any atom is -0.478 e. The second kappa shape index (κ2) is 9.07. The van der Waals surface area contributed by atoms with E-state index in [0.717, 1.165) is 25.3 Å². The number of nitrogens with zero attached hydrogens (tertiary/aromatic N) is 1. The molecule has 5 atom stereocenters. The fraction of sp³-hybridized carbons (Fsp3) is 0.750. The summed E-state index contributed by atoms with van der Waals surface area (Å²) in [7, 11) is 0. The fourth-order valence-corrected chi connectivity index (χ4v) is 3.39. The molecule has 0 radical (unpaired) electrons. The largest absolute Gasteiger partial charge is 0.478 e. The Balaban J connectivity index is 2.43. The van der Waals surface area contributed by atoms with Gasteiger partial charge in [0, 0.05) is 0 Å². The van der Waals surface area contributed by atoms with Crippen LogP contribution in [-0.2, 0) is 14.3 Å². The molecule has 28 heavy (non-hydrogen) atoms. The quantitative estimate of drug-likeness (QED) is 0.373. The van der Waals surface area contributed by atoms with E-state index in [1.807, 2.05) is 0 Å². The van der Waals surface area contributed by atoms with Crippen LogP contribution in [0.4, 0.5) is 13.2 Å². The van der Waals surface area contributed by atoms with Crippen LogP contribution in [0.15, 0.2) is 11.8 Å². The summed E-state index contributed by atoms with van der Waals surface area (Å²) in [6, 6.07) is -2.52. The lowest BCUT2D eigenvalue weighted by molar-refractivity contribution is -0.178. The molecule has 0 unspecified atom stereocenters. The summed E-state index contributed by atoms with van der Waals surface area (Å²) in [6.45, 7) is -0.0584. The van der Waals surface area contributed by atoms with Crippen molar-refractivity contribution in [1.82, 2.24) is 10.2 Å². The third-order valence-electron chi connectivity index (χ3n) is 4.80. The van der Waals surface area contributed by atoms with Gasteiger partial charge < -0.3 is 30.5 Å². The summed E-state index contributed by atoms with van der Waals surface area (Å²) in [5.74, 6) is -4.42. The summed E-state index contributed by atoms with van der Waals surface area (Å²) >= 11 is 0. The fourth-order valence-electron chi connectivity index (χ4n) is 3.39. The summed E-state index contributed by atoms with van der Waals surface area (Å²) in [4.78, 5) is 24.6. The number of alkyl halides is 3. The van der Waals surface area contributed by atoms with E-state index < -0.39 is 60.8 Å². The Kier molecular flexibility index (Phi) is 7.26. The van der Waals surface area contributed by atoms with Crippen molar-refractivity contribution in [3.05, 3.63) is 11.8 Å². The van der Waals surface area contributed by atoms with Crippen molar-refractivity contribution in [2.45, 2.75) is 55.8 Å². The maximum Gasteiger partial charge on any atom is 0.471 e. The van der Waals surface area contributed by atoms with Gasteiger partial charge in [0.2, 0.25) is 5.76 Å². The van der Waals surface area contributed by atoms with Gasteiger partial charge in [-0.05, 0) is 32.0 Å². The SMILES string of the molecule is O=C(O)C1=C[C@@H](N2CCCCC2)[C@@H](NC(=O)C(F)(F)F)[C@@H]([C@@H](O)[C@H](O)CO)O1. The van der Waals surface area contributed by atoms with Gasteiger partial charge in [0.25, 0.3) is 0 Å². The van der Waals surface area contributed by atoms with E-state index in [-0.39, 0.29) is 0 Å². The Morgan fingerprint density at radius 1 is 1.25 bits per heavy atom. The number of carbonyl (C=O) groups excluding carboxylic acids is 1. The van der Waals surface area contributed by atoms with Crippen molar-refractivity contribution in [2.75, 3.05) is 19.7 Å². The van der Waals surface area contributed by atoms with Crippen LogP contribution in [-0.4, -0.2) is 93.5 Å². The first-order valence-corrected chi connectivity index (χ1v) is 8.76. The number of amides is 1. The molecule has 2 aliphatic heterocycles. The molecule has 1 amide bonds. The number of hydrogen-bond donors (Lipinski definition) is 5. The lowest BCUT2D eigenvalue weighted by atomic mass is 9.90. The summed E-state index contributed by atoms with van der Waals surface area (Å²) in [6.07, 6.45) is -7.28. The van der Waals surface area contributed by atoms with Gasteiger partial charge in [-0.15, -0.1) is 0 Å². The van der Waals surface area contributed by atoms with E-state index in [9.17, 15) is 38.1 Å². The van der Waals surface area contributed by atoms with Crippen molar-refractivity contribution < 1.29 is 47.9 Å². The van der Waals surface area contributed by atoms with E-state index in [0.29, 0.717) is 13.1 Å². The first-order chi connectivity index (χ1) is 13.1. The van der Waals surface area contributed by atoms with Gasteiger partial charge in [-0.3, -0.25) is 9.69 Å². The third kappa shape index (κ3) is 5.13. The van der Waals surface area contributed by atoms with E-state index in [4.69, 9.17) is 9.84 Å². The van der Waals surface area contributed by atoms with Crippen LogP contribution < -0.4 is 5.32 Å². The van der Waals surface area contributed by atoms with Crippen LogP contribution in [0.5, 0.6) is 0 Å². The maximum absolute atomic E-state index is 12.8. The van der Waals surface area contributed by atoms with Crippen LogP contribution in [0.2, 0.25) is 0 Å². The zero-order chi connectivity index (χ0) is 21.1. The first-order valence-electron chi connectivity index (χ1n) is 8.76. The molecule has 2 aliphatic rings. The number of carboxylic acids is 1. The molecule has 0 aromatic rings. The normalized spacial score (nSPS) is 28.6. The molecule has 0 aromatic carbocycles. The minimum absolute atomic E-state index is 0.442. The second-order valence-electron chi connectivity index (χ2n) is 6.74.